The SMILES string of the molecule is CC(C)CCOc1ccc(S(=O)(=O)N2CCC(C)(CN)C2)cc1.Cl. The first-order valence-corrected chi connectivity index (χ1v) is 9.64. The summed E-state index contributed by atoms with van der Waals surface area (Å²) in [6.45, 7) is 8.48. The van der Waals surface area contributed by atoms with E-state index in [4.69, 9.17) is 10.5 Å². The zero-order valence-electron chi connectivity index (χ0n) is 14.7. The highest BCUT2D eigenvalue weighted by molar-refractivity contribution is 7.89. The van der Waals surface area contributed by atoms with Crippen molar-refractivity contribution in [3.63, 3.8) is 0 Å². The Bertz CT molecular complexity index is 619. The van der Waals surface area contributed by atoms with Gasteiger partial charge in [-0.2, -0.15) is 4.31 Å². The monoisotopic (exact) mass is 376 g/mol. The molecule has 1 fully saturated rings. The van der Waals surface area contributed by atoms with Crippen molar-refractivity contribution in [2.24, 2.45) is 17.1 Å². The summed E-state index contributed by atoms with van der Waals surface area (Å²) in [5.74, 6) is 1.29. The quantitative estimate of drug-likeness (QED) is 0.794. The standard InChI is InChI=1S/C17H28N2O3S.ClH/c1-14(2)8-11-22-15-4-6-16(7-5-15)23(20,21)19-10-9-17(3,12-18)13-19;/h4-7,14H,8-13,18H2,1-3H3;1H. The van der Waals surface area contributed by atoms with Gasteiger partial charge < -0.3 is 10.5 Å². The Morgan fingerprint density at radius 2 is 1.92 bits per heavy atom. The molecule has 0 bridgehead atoms. The van der Waals surface area contributed by atoms with Crippen LogP contribution in [0.25, 0.3) is 0 Å². The molecule has 138 valence electrons. The van der Waals surface area contributed by atoms with E-state index in [9.17, 15) is 8.42 Å². The maximum atomic E-state index is 12.7. The van der Waals surface area contributed by atoms with E-state index in [1.807, 2.05) is 6.92 Å². The highest BCUT2D eigenvalue weighted by Gasteiger charge is 2.38. The van der Waals surface area contributed by atoms with Gasteiger partial charge in [0.1, 0.15) is 5.75 Å². The van der Waals surface area contributed by atoms with Crippen molar-refractivity contribution >= 4 is 22.4 Å². The minimum Gasteiger partial charge on any atom is -0.494 e. The van der Waals surface area contributed by atoms with Crippen LogP contribution < -0.4 is 10.5 Å². The summed E-state index contributed by atoms with van der Waals surface area (Å²) in [4.78, 5) is 0.315. The fourth-order valence-electron chi connectivity index (χ4n) is 2.62. The molecule has 1 atom stereocenters. The first-order chi connectivity index (χ1) is 10.8. The maximum absolute atomic E-state index is 12.7. The second kappa shape index (κ2) is 8.52. The Hall–Kier alpha value is -0.820. The number of benzene rings is 1. The van der Waals surface area contributed by atoms with Gasteiger partial charge in [0.05, 0.1) is 11.5 Å². The van der Waals surface area contributed by atoms with E-state index >= 15 is 0 Å². The van der Waals surface area contributed by atoms with Gasteiger partial charge in [-0.3, -0.25) is 0 Å². The number of nitrogens with two attached hydrogens (primary N) is 1. The minimum atomic E-state index is -3.45. The van der Waals surface area contributed by atoms with Gasteiger partial charge in [-0.25, -0.2) is 8.42 Å². The molecule has 2 rings (SSSR count). The van der Waals surface area contributed by atoms with E-state index in [-0.39, 0.29) is 17.8 Å². The van der Waals surface area contributed by atoms with Crippen LogP contribution in [0, 0.1) is 11.3 Å². The first-order valence-electron chi connectivity index (χ1n) is 8.20. The second-order valence-corrected chi connectivity index (χ2v) is 9.04. The van der Waals surface area contributed by atoms with Gasteiger partial charge in [0.2, 0.25) is 10.0 Å². The average Bonchev–Trinajstić information content (AvgIpc) is 2.91. The number of hydrogen-bond donors (Lipinski definition) is 1. The lowest BCUT2D eigenvalue weighted by molar-refractivity contribution is 0.289. The van der Waals surface area contributed by atoms with E-state index in [2.05, 4.69) is 13.8 Å². The Labute approximate surface area is 152 Å². The summed E-state index contributed by atoms with van der Waals surface area (Å²) >= 11 is 0. The van der Waals surface area contributed by atoms with Crippen LogP contribution >= 0.6 is 12.4 Å². The third-order valence-corrected chi connectivity index (χ3v) is 6.30. The minimum absolute atomic E-state index is 0. The molecule has 24 heavy (non-hydrogen) atoms. The number of nitrogens with zero attached hydrogens (tertiary/aromatic N) is 1. The third kappa shape index (κ3) is 5.09. The number of sulfonamides is 1. The predicted molar refractivity (Wildman–Crippen MR) is 99.2 cm³/mol. The molecule has 1 saturated heterocycles. The van der Waals surface area contributed by atoms with Crippen LogP contribution in [0.2, 0.25) is 0 Å². The van der Waals surface area contributed by atoms with Crippen LogP contribution in [0.1, 0.15) is 33.6 Å². The molecule has 5 nitrogen and oxygen atoms in total. The van der Waals surface area contributed by atoms with Crippen LogP contribution in [0.4, 0.5) is 0 Å². The summed E-state index contributed by atoms with van der Waals surface area (Å²) in [6.07, 6.45) is 1.78. The molecule has 1 aromatic carbocycles. The molecule has 2 N–H and O–H groups in total. The van der Waals surface area contributed by atoms with Crippen molar-refractivity contribution in [3.05, 3.63) is 24.3 Å². The van der Waals surface area contributed by atoms with Crippen molar-refractivity contribution in [3.8, 4) is 5.75 Å². The summed E-state index contributed by atoms with van der Waals surface area (Å²) in [6, 6.07) is 6.70. The van der Waals surface area contributed by atoms with Crippen LogP contribution in [0.5, 0.6) is 5.75 Å². The van der Waals surface area contributed by atoms with Crippen LogP contribution in [0.15, 0.2) is 29.2 Å². The summed E-state index contributed by atoms with van der Waals surface area (Å²) < 4.78 is 32.6. The normalized spacial score (nSPS) is 21.7. The Kier molecular flexibility index (Phi) is 7.53. The predicted octanol–water partition coefficient (Wildman–Crippen LogP) is 2.89. The van der Waals surface area contributed by atoms with Gasteiger partial charge in [0.15, 0.2) is 0 Å². The van der Waals surface area contributed by atoms with Crippen molar-refractivity contribution in [1.82, 2.24) is 4.31 Å². The summed E-state index contributed by atoms with van der Waals surface area (Å²) in [7, 11) is -3.45. The molecule has 1 aromatic rings. The number of ether oxygens (including phenoxy) is 1. The molecule has 1 aliphatic heterocycles. The zero-order chi connectivity index (χ0) is 17.1. The second-order valence-electron chi connectivity index (χ2n) is 7.11. The molecular formula is C17H29ClN2O3S. The van der Waals surface area contributed by atoms with Crippen molar-refractivity contribution < 1.29 is 13.2 Å². The Balaban J connectivity index is 0.00000288. The molecular weight excluding hydrogens is 348 g/mol. The molecule has 0 radical (unpaired) electrons. The van der Waals surface area contributed by atoms with E-state index in [0.717, 1.165) is 12.8 Å². The van der Waals surface area contributed by atoms with E-state index in [1.165, 1.54) is 4.31 Å². The molecule has 0 amide bonds. The average molecular weight is 377 g/mol. The largest absolute Gasteiger partial charge is 0.494 e. The first kappa shape index (κ1) is 21.2. The number of halogens is 1. The Morgan fingerprint density at radius 3 is 2.42 bits per heavy atom. The van der Waals surface area contributed by atoms with Gasteiger partial charge in [-0.05, 0) is 55.0 Å². The maximum Gasteiger partial charge on any atom is 0.243 e. The molecule has 7 heteroatoms. The van der Waals surface area contributed by atoms with Gasteiger partial charge in [0, 0.05) is 13.1 Å². The highest BCUT2D eigenvalue weighted by Crippen LogP contribution is 2.32. The lowest BCUT2D eigenvalue weighted by Gasteiger charge is -2.22. The Morgan fingerprint density at radius 1 is 1.29 bits per heavy atom. The van der Waals surface area contributed by atoms with Crippen molar-refractivity contribution in [2.75, 3.05) is 26.2 Å². The topological polar surface area (TPSA) is 72.6 Å². The van der Waals surface area contributed by atoms with Crippen LogP contribution in [-0.4, -0.2) is 39.0 Å². The van der Waals surface area contributed by atoms with Crippen LogP contribution in [0.3, 0.4) is 0 Å². The van der Waals surface area contributed by atoms with Crippen molar-refractivity contribution in [2.45, 2.75) is 38.5 Å². The fraction of sp³-hybridized carbons (Fsp3) is 0.647. The molecule has 0 saturated carbocycles. The molecule has 0 spiro atoms. The van der Waals surface area contributed by atoms with Gasteiger partial charge >= 0.3 is 0 Å². The molecule has 1 aliphatic rings. The van der Waals surface area contributed by atoms with E-state index in [0.29, 0.717) is 42.8 Å². The fourth-order valence-corrected chi connectivity index (χ4v) is 4.21. The molecule has 1 heterocycles. The lowest BCUT2D eigenvalue weighted by atomic mass is 9.90. The zero-order valence-corrected chi connectivity index (χ0v) is 16.3. The third-order valence-electron chi connectivity index (χ3n) is 4.44. The van der Waals surface area contributed by atoms with Gasteiger partial charge in [-0.1, -0.05) is 20.8 Å². The van der Waals surface area contributed by atoms with Crippen LogP contribution in [-0.2, 0) is 10.0 Å². The molecule has 0 aromatic heterocycles. The lowest BCUT2D eigenvalue weighted by Crippen LogP contribution is -2.34. The highest BCUT2D eigenvalue weighted by atomic mass is 35.5. The number of rotatable bonds is 7. The van der Waals surface area contributed by atoms with E-state index in [1.54, 1.807) is 24.3 Å². The van der Waals surface area contributed by atoms with E-state index < -0.39 is 10.0 Å². The van der Waals surface area contributed by atoms with Crippen molar-refractivity contribution in [1.29, 1.82) is 0 Å². The number of hydrogen-bond acceptors (Lipinski definition) is 4. The molecule has 0 aliphatic carbocycles. The summed E-state index contributed by atoms with van der Waals surface area (Å²) in [5.41, 5.74) is 5.64. The van der Waals surface area contributed by atoms with Gasteiger partial charge in [0.25, 0.3) is 0 Å². The summed E-state index contributed by atoms with van der Waals surface area (Å²) in [5, 5.41) is 0. The van der Waals surface area contributed by atoms with Gasteiger partial charge in [-0.15, -0.1) is 12.4 Å². The smallest absolute Gasteiger partial charge is 0.243 e. The molecule has 1 unspecified atom stereocenters.